The van der Waals surface area contributed by atoms with Crippen LogP contribution >= 0.6 is 0 Å². The summed E-state index contributed by atoms with van der Waals surface area (Å²) in [7, 11) is 0. The molecule has 1 aromatic heterocycles. The lowest BCUT2D eigenvalue weighted by Crippen LogP contribution is -2.55. The fraction of sp³-hybridized carbons (Fsp3) is 0.200. The molecular formula is C20H18N4O4. The van der Waals surface area contributed by atoms with Crippen molar-refractivity contribution in [3.05, 3.63) is 60.2 Å². The Bertz CT molecular complexity index is 1000. The van der Waals surface area contributed by atoms with Gasteiger partial charge in [0.15, 0.2) is 0 Å². The number of nitrogens with zero attached hydrogens (tertiary/aromatic N) is 3. The van der Waals surface area contributed by atoms with E-state index in [4.69, 9.17) is 4.52 Å². The van der Waals surface area contributed by atoms with Crippen LogP contribution in [0, 0.1) is 0 Å². The van der Waals surface area contributed by atoms with Crippen LogP contribution in [-0.2, 0) is 4.79 Å². The minimum absolute atomic E-state index is 0.0988. The second-order valence-electron chi connectivity index (χ2n) is 6.43. The Labute approximate surface area is 160 Å². The molecule has 8 heteroatoms. The van der Waals surface area contributed by atoms with Gasteiger partial charge in [-0.15, -0.1) is 0 Å². The van der Waals surface area contributed by atoms with Gasteiger partial charge in [-0.05, 0) is 12.1 Å². The molecule has 1 saturated heterocycles. The highest BCUT2D eigenvalue weighted by atomic mass is 16.5. The van der Waals surface area contributed by atoms with Crippen LogP contribution in [0.25, 0.3) is 22.8 Å². The van der Waals surface area contributed by atoms with E-state index >= 15 is 0 Å². The molecule has 2 N–H and O–H groups in total. The number of nitrogens with one attached hydrogen (secondary N) is 1. The molecule has 1 fully saturated rings. The summed E-state index contributed by atoms with van der Waals surface area (Å²) in [5, 5.41) is 16.1. The van der Waals surface area contributed by atoms with E-state index in [0.717, 1.165) is 5.56 Å². The van der Waals surface area contributed by atoms with Crippen molar-refractivity contribution < 1.29 is 19.2 Å². The number of aliphatic carboxylic acids is 1. The number of carboxylic acids is 1. The van der Waals surface area contributed by atoms with Crippen molar-refractivity contribution in [2.24, 2.45) is 0 Å². The number of carbonyl (C=O) groups excluding carboxylic acids is 1. The second kappa shape index (κ2) is 7.61. The van der Waals surface area contributed by atoms with Gasteiger partial charge in [-0.3, -0.25) is 9.59 Å². The van der Waals surface area contributed by atoms with Crippen molar-refractivity contribution in [1.29, 1.82) is 0 Å². The van der Waals surface area contributed by atoms with E-state index in [-0.39, 0.29) is 18.3 Å². The molecule has 0 bridgehead atoms. The Morgan fingerprint density at radius 3 is 2.64 bits per heavy atom. The summed E-state index contributed by atoms with van der Waals surface area (Å²) in [5.74, 6) is -0.559. The molecule has 142 valence electrons. The molecule has 8 nitrogen and oxygen atoms in total. The lowest BCUT2D eigenvalue weighted by Gasteiger charge is -2.31. The monoisotopic (exact) mass is 378 g/mol. The third-order valence-corrected chi connectivity index (χ3v) is 4.61. The van der Waals surface area contributed by atoms with Gasteiger partial charge < -0.3 is 19.8 Å². The van der Waals surface area contributed by atoms with Crippen molar-refractivity contribution in [1.82, 2.24) is 20.4 Å². The van der Waals surface area contributed by atoms with Crippen LogP contribution in [0.1, 0.15) is 10.4 Å². The first kappa shape index (κ1) is 17.9. The fourth-order valence-corrected chi connectivity index (χ4v) is 3.16. The van der Waals surface area contributed by atoms with E-state index in [1.54, 1.807) is 24.3 Å². The minimum Gasteiger partial charge on any atom is -0.480 e. The predicted octanol–water partition coefficient (Wildman–Crippen LogP) is 1.90. The van der Waals surface area contributed by atoms with Crippen molar-refractivity contribution in [2.45, 2.75) is 6.04 Å². The zero-order valence-electron chi connectivity index (χ0n) is 14.9. The zero-order chi connectivity index (χ0) is 19.5. The van der Waals surface area contributed by atoms with Gasteiger partial charge in [0.25, 0.3) is 11.8 Å². The maximum atomic E-state index is 13.1. The summed E-state index contributed by atoms with van der Waals surface area (Å²) in [5.41, 5.74) is 1.73. The molecular weight excluding hydrogens is 360 g/mol. The largest absolute Gasteiger partial charge is 0.480 e. The molecule has 2 aromatic carbocycles. The van der Waals surface area contributed by atoms with Crippen molar-refractivity contribution in [3.8, 4) is 22.8 Å². The predicted molar refractivity (Wildman–Crippen MR) is 101 cm³/mol. The van der Waals surface area contributed by atoms with Gasteiger partial charge in [0.1, 0.15) is 6.04 Å². The van der Waals surface area contributed by atoms with Crippen molar-refractivity contribution in [3.63, 3.8) is 0 Å². The first-order valence-electron chi connectivity index (χ1n) is 8.87. The maximum Gasteiger partial charge on any atom is 0.322 e. The lowest BCUT2D eigenvalue weighted by molar-refractivity contribution is -0.140. The van der Waals surface area contributed by atoms with Crippen LogP contribution in [0.2, 0.25) is 0 Å². The van der Waals surface area contributed by atoms with Gasteiger partial charge in [0.2, 0.25) is 5.82 Å². The molecule has 0 saturated carbocycles. The van der Waals surface area contributed by atoms with Crippen LogP contribution in [0.15, 0.2) is 59.1 Å². The Balaban J connectivity index is 1.63. The van der Waals surface area contributed by atoms with E-state index in [2.05, 4.69) is 15.5 Å². The van der Waals surface area contributed by atoms with E-state index in [1.165, 1.54) is 4.90 Å². The average molecular weight is 378 g/mol. The lowest BCUT2D eigenvalue weighted by atomic mass is 10.0. The molecule has 0 radical (unpaired) electrons. The van der Waals surface area contributed by atoms with Crippen LogP contribution in [0.3, 0.4) is 0 Å². The SMILES string of the molecule is O=C(O)[C@@H]1CN(C(=O)c2ccccc2-c2nc(-c3ccccc3)no2)CCN1. The molecule has 4 rings (SSSR count). The normalized spacial score (nSPS) is 16.7. The van der Waals surface area contributed by atoms with Crippen LogP contribution in [0.4, 0.5) is 0 Å². The highest BCUT2D eigenvalue weighted by Gasteiger charge is 2.30. The average Bonchev–Trinajstić information content (AvgIpc) is 3.24. The van der Waals surface area contributed by atoms with E-state index in [9.17, 15) is 14.7 Å². The third-order valence-electron chi connectivity index (χ3n) is 4.61. The van der Waals surface area contributed by atoms with E-state index in [1.807, 2.05) is 30.3 Å². The summed E-state index contributed by atoms with van der Waals surface area (Å²) in [6, 6.07) is 15.6. The van der Waals surface area contributed by atoms with E-state index in [0.29, 0.717) is 30.0 Å². The topological polar surface area (TPSA) is 109 Å². The van der Waals surface area contributed by atoms with Gasteiger partial charge in [-0.1, -0.05) is 47.6 Å². The summed E-state index contributed by atoms with van der Waals surface area (Å²) in [6.45, 7) is 0.946. The molecule has 1 aliphatic heterocycles. The van der Waals surface area contributed by atoms with Crippen LogP contribution in [0.5, 0.6) is 0 Å². The smallest absolute Gasteiger partial charge is 0.322 e. The molecule has 28 heavy (non-hydrogen) atoms. The number of aromatic nitrogens is 2. The van der Waals surface area contributed by atoms with Gasteiger partial charge >= 0.3 is 5.97 Å². The summed E-state index contributed by atoms with van der Waals surface area (Å²) >= 11 is 0. The third kappa shape index (κ3) is 3.49. The van der Waals surface area contributed by atoms with E-state index < -0.39 is 12.0 Å². The first-order valence-corrected chi connectivity index (χ1v) is 8.87. The minimum atomic E-state index is -0.977. The van der Waals surface area contributed by atoms with Crippen LogP contribution in [-0.4, -0.2) is 57.7 Å². The quantitative estimate of drug-likeness (QED) is 0.714. The molecule has 3 aromatic rings. The van der Waals surface area contributed by atoms with Gasteiger partial charge in [-0.2, -0.15) is 4.98 Å². The Morgan fingerprint density at radius 2 is 1.86 bits per heavy atom. The Morgan fingerprint density at radius 1 is 1.11 bits per heavy atom. The molecule has 1 atom stereocenters. The van der Waals surface area contributed by atoms with Gasteiger partial charge in [0.05, 0.1) is 11.1 Å². The number of hydrogen-bond donors (Lipinski definition) is 2. The van der Waals surface area contributed by atoms with Crippen molar-refractivity contribution >= 4 is 11.9 Å². The first-order chi connectivity index (χ1) is 13.6. The number of piperazine rings is 1. The molecule has 1 amide bonds. The zero-order valence-corrected chi connectivity index (χ0v) is 14.9. The Kier molecular flexibility index (Phi) is 4.86. The number of benzene rings is 2. The maximum absolute atomic E-state index is 13.1. The molecule has 1 aliphatic rings. The number of rotatable bonds is 4. The second-order valence-corrected chi connectivity index (χ2v) is 6.43. The van der Waals surface area contributed by atoms with Gasteiger partial charge in [-0.25, -0.2) is 0 Å². The summed E-state index contributed by atoms with van der Waals surface area (Å²) in [6.07, 6.45) is 0. The standard InChI is InChI=1S/C20H18N4O4/c25-19(24-11-10-21-16(12-24)20(26)27)15-9-5-4-8-14(15)18-22-17(23-28-18)13-6-2-1-3-7-13/h1-9,16,21H,10-12H2,(H,26,27)/t16-/m0/s1. The summed E-state index contributed by atoms with van der Waals surface area (Å²) in [4.78, 5) is 30.3. The van der Waals surface area contributed by atoms with Crippen molar-refractivity contribution in [2.75, 3.05) is 19.6 Å². The van der Waals surface area contributed by atoms with Gasteiger partial charge in [0, 0.05) is 25.2 Å². The fourth-order valence-electron chi connectivity index (χ4n) is 3.16. The number of amides is 1. The molecule has 0 spiro atoms. The van der Waals surface area contributed by atoms with Crippen LogP contribution < -0.4 is 5.32 Å². The molecule has 2 heterocycles. The number of carboxylic acid groups (broad SMARTS) is 1. The number of hydrogen-bond acceptors (Lipinski definition) is 6. The number of carbonyl (C=O) groups is 2. The molecule has 0 unspecified atom stereocenters. The summed E-state index contributed by atoms with van der Waals surface area (Å²) < 4.78 is 5.40. The highest BCUT2D eigenvalue weighted by Crippen LogP contribution is 2.26. The Hall–Kier alpha value is -3.52. The molecule has 0 aliphatic carbocycles. The highest BCUT2D eigenvalue weighted by molar-refractivity contribution is 6.00.